The van der Waals surface area contributed by atoms with Crippen LogP contribution in [0, 0.1) is 0 Å². The van der Waals surface area contributed by atoms with Crippen molar-refractivity contribution >= 4 is 99.1 Å². The SMILES string of the molecule is CCC[CH2][Sn+]([Cl])[CH2]CCC.CCC[CH2][Sn+]([Cl])[CH2]CCC.CCC[CH2][Sn+]([Cl])[CH2]CCC.CCOP(O)OCC.O=P([O-])([O-])[O-]. The third kappa shape index (κ3) is 76.8. The van der Waals surface area contributed by atoms with Crippen LogP contribution in [0.2, 0.25) is 26.6 Å². The summed E-state index contributed by atoms with van der Waals surface area (Å²) in [4.78, 5) is 34.3. The summed E-state index contributed by atoms with van der Waals surface area (Å²) in [5, 5.41) is 0. The maximum atomic E-state index is 8.67. The summed E-state index contributed by atoms with van der Waals surface area (Å²) in [6.07, 6.45) is 16.2. The minimum atomic E-state index is -5.39. The number of hydrogen-bond acceptors (Lipinski definition) is 7. The van der Waals surface area contributed by atoms with E-state index in [0.717, 1.165) is 0 Å². The molecule has 1 N–H and O–H groups in total. The van der Waals surface area contributed by atoms with Crippen LogP contribution < -0.4 is 14.7 Å². The van der Waals surface area contributed by atoms with Crippen LogP contribution in [0.3, 0.4) is 0 Å². The van der Waals surface area contributed by atoms with E-state index in [2.05, 4.69) is 50.6 Å². The van der Waals surface area contributed by atoms with E-state index < -0.39 is 72.3 Å². The molecule has 0 unspecified atom stereocenters. The van der Waals surface area contributed by atoms with E-state index in [0.29, 0.717) is 13.2 Å². The molecule has 0 aliphatic rings. The molecular formula is C28H65Cl3O7P2Sn3. The Balaban J connectivity index is -0.000000142. The third-order valence-electron chi connectivity index (χ3n) is 5.29. The molecule has 0 aliphatic heterocycles. The van der Waals surface area contributed by atoms with Crippen LogP contribution in [0.5, 0.6) is 0 Å². The second kappa shape index (κ2) is 47.8. The van der Waals surface area contributed by atoms with Crippen molar-refractivity contribution in [1.82, 2.24) is 0 Å². The van der Waals surface area contributed by atoms with E-state index >= 15 is 0 Å². The Hall–Kier alpha value is 3.69. The van der Waals surface area contributed by atoms with Crippen molar-refractivity contribution in [2.24, 2.45) is 0 Å². The molecule has 0 aliphatic carbocycles. The smallest absolute Gasteiger partial charge is 0.329 e. The molecule has 0 bridgehead atoms. The van der Waals surface area contributed by atoms with E-state index in [1.807, 2.05) is 13.8 Å². The van der Waals surface area contributed by atoms with Crippen LogP contribution in [-0.2, 0) is 13.6 Å². The Morgan fingerprint density at radius 3 is 0.814 bits per heavy atom. The van der Waals surface area contributed by atoms with Crippen molar-refractivity contribution < 1.29 is 33.2 Å². The Labute approximate surface area is 301 Å². The molecule has 0 atom stereocenters. The van der Waals surface area contributed by atoms with Gasteiger partial charge in [0, 0.05) is 0 Å². The van der Waals surface area contributed by atoms with E-state index in [4.69, 9.17) is 50.9 Å². The van der Waals surface area contributed by atoms with Gasteiger partial charge in [0.2, 0.25) is 0 Å². The molecule has 0 aromatic heterocycles. The van der Waals surface area contributed by atoms with Crippen molar-refractivity contribution in [1.29, 1.82) is 0 Å². The van der Waals surface area contributed by atoms with E-state index in [-0.39, 0.29) is 0 Å². The molecule has 262 valence electrons. The average Bonchev–Trinajstić information content (AvgIpc) is 2.95. The van der Waals surface area contributed by atoms with Crippen molar-refractivity contribution in [3.63, 3.8) is 0 Å². The first-order valence-electron chi connectivity index (χ1n) is 16.2. The van der Waals surface area contributed by atoms with Gasteiger partial charge in [-0.1, -0.05) is 0 Å². The summed E-state index contributed by atoms with van der Waals surface area (Å²) in [6, 6.07) is 0. The van der Waals surface area contributed by atoms with Crippen molar-refractivity contribution in [2.75, 3.05) is 13.2 Å². The van der Waals surface area contributed by atoms with Gasteiger partial charge in [-0.15, -0.1) is 0 Å². The summed E-state index contributed by atoms with van der Waals surface area (Å²) in [5.41, 5.74) is 0. The van der Waals surface area contributed by atoms with E-state index in [9.17, 15) is 0 Å². The molecule has 0 radical (unpaired) electrons. The predicted molar refractivity (Wildman–Crippen MR) is 193 cm³/mol. The molecule has 0 aromatic rings. The van der Waals surface area contributed by atoms with Gasteiger partial charge in [-0.25, -0.2) is 0 Å². The van der Waals surface area contributed by atoms with Crippen LogP contribution in [0.1, 0.15) is 132 Å². The van der Waals surface area contributed by atoms with Gasteiger partial charge in [0.25, 0.3) is 0 Å². The van der Waals surface area contributed by atoms with E-state index in [1.54, 1.807) is 0 Å². The van der Waals surface area contributed by atoms with Gasteiger partial charge in [-0.05, 0) is 13.8 Å². The zero-order valence-corrected chi connectivity index (χ0v) is 41.2. The summed E-state index contributed by atoms with van der Waals surface area (Å²) in [5.74, 6) is 0. The van der Waals surface area contributed by atoms with Crippen LogP contribution in [0.15, 0.2) is 0 Å². The van der Waals surface area contributed by atoms with Gasteiger partial charge in [0.05, 0.1) is 13.2 Å². The second-order valence-electron chi connectivity index (χ2n) is 9.69. The van der Waals surface area contributed by atoms with Crippen molar-refractivity contribution in [3.8, 4) is 0 Å². The fraction of sp³-hybridized carbons (Fsp3) is 1.00. The standard InChI is InChI=1S/C4H11O3P.6C4H9.3ClH.H3O4P.3Sn/c1-3-6-8(5)7-4-2;6*1-3-4-2;;;;1-5(2,3)4;;;/h5H,3-4H2,1-2H3;6*1,3-4H2,2H3;3*1H;(H3,1,2,3,4);;;/q;;;;;;;;;;;3*+2/p-6. The minimum absolute atomic E-state index is 0.502. The Bertz CT molecular complexity index is 455. The molecular weight excluding hydrogens is 973 g/mol. The van der Waals surface area contributed by atoms with Crippen molar-refractivity contribution in [3.05, 3.63) is 0 Å². The van der Waals surface area contributed by atoms with Gasteiger partial charge < -0.3 is 33.2 Å². The number of hydrogen-bond donors (Lipinski definition) is 1. The summed E-state index contributed by atoms with van der Waals surface area (Å²) >= 11 is -3.81. The first-order valence-corrected chi connectivity index (χ1v) is 41.8. The molecule has 0 aromatic carbocycles. The minimum Gasteiger partial charge on any atom is -0.822 e. The van der Waals surface area contributed by atoms with Crippen molar-refractivity contribution in [2.45, 2.75) is 159 Å². The Kier molecular flexibility index (Phi) is 62.3. The van der Waals surface area contributed by atoms with Crippen LogP contribution in [0.4, 0.5) is 0 Å². The Morgan fingerprint density at radius 2 is 0.698 bits per heavy atom. The average molecular weight is 1040 g/mol. The predicted octanol–water partition coefficient (Wildman–Crippen LogP) is 9.90. The summed E-state index contributed by atoms with van der Waals surface area (Å²) in [6.45, 7) is 18.1. The van der Waals surface area contributed by atoms with Gasteiger partial charge in [0.15, 0.2) is 0 Å². The quantitative estimate of drug-likeness (QED) is 0.0846. The van der Waals surface area contributed by atoms with Gasteiger partial charge >= 0.3 is 236 Å². The molecule has 43 heavy (non-hydrogen) atoms. The first kappa shape index (κ1) is 56.1. The zero-order valence-electron chi connectivity index (χ0n) is 28.6. The number of phosphoric acid groups is 1. The molecule has 0 spiro atoms. The molecule has 0 saturated heterocycles. The molecule has 0 saturated carbocycles. The molecule has 0 fully saturated rings. The van der Waals surface area contributed by atoms with Crippen LogP contribution in [-0.4, -0.2) is 74.0 Å². The molecule has 0 heterocycles. The molecule has 15 heteroatoms. The topological polar surface area (TPSA) is 125 Å². The van der Waals surface area contributed by atoms with Gasteiger partial charge in [0.1, 0.15) is 0 Å². The molecule has 0 rings (SSSR count). The maximum absolute atomic E-state index is 8.67. The number of rotatable bonds is 22. The first-order chi connectivity index (χ1) is 20.2. The maximum Gasteiger partial charge on any atom is 0.329 e. The van der Waals surface area contributed by atoms with E-state index in [1.165, 1.54) is 104 Å². The van der Waals surface area contributed by atoms with Crippen LogP contribution in [0.25, 0.3) is 0 Å². The largest absolute Gasteiger partial charge is 0.822 e. The fourth-order valence-electron chi connectivity index (χ4n) is 2.84. The monoisotopic (exact) mass is 1040 g/mol. The third-order valence-corrected chi connectivity index (χ3v) is 29.2. The summed E-state index contributed by atoms with van der Waals surface area (Å²) in [7, 11) is 11.7. The molecule has 7 nitrogen and oxygen atoms in total. The summed E-state index contributed by atoms with van der Waals surface area (Å²) < 4.78 is 26.3. The Morgan fingerprint density at radius 1 is 0.535 bits per heavy atom. The number of unbranched alkanes of at least 4 members (excludes halogenated alkanes) is 6. The zero-order chi connectivity index (χ0) is 34.4. The number of halogens is 3. The van der Waals surface area contributed by atoms with Gasteiger partial charge in [-0.3, -0.25) is 0 Å². The second-order valence-corrected chi connectivity index (χ2v) is 39.8. The normalized spacial score (nSPS) is 10.2. The van der Waals surface area contributed by atoms with Gasteiger partial charge in [-0.2, -0.15) is 7.82 Å². The fourth-order valence-corrected chi connectivity index (χ4v) is 23.5. The van der Waals surface area contributed by atoms with Crippen LogP contribution >= 0.6 is 43.2 Å². The molecule has 0 amide bonds.